The molecule has 1 N–H and O–H groups in total. The summed E-state index contributed by atoms with van der Waals surface area (Å²) in [5.41, 5.74) is 0. The summed E-state index contributed by atoms with van der Waals surface area (Å²) < 4.78 is 5.31. The minimum absolute atomic E-state index is 0.224. The SMILES string of the molecule is CCCNCCOCCN(C)C(=O)S. The smallest absolute Gasteiger partial charge is 0.278 e. The van der Waals surface area contributed by atoms with Crippen LogP contribution in [-0.4, -0.2) is 50.0 Å². The molecule has 4 nitrogen and oxygen atoms in total. The van der Waals surface area contributed by atoms with Crippen LogP contribution in [0.2, 0.25) is 0 Å². The predicted octanol–water partition coefficient (Wildman–Crippen LogP) is 0.984. The molecule has 0 aromatic rings. The van der Waals surface area contributed by atoms with E-state index in [1.54, 1.807) is 7.05 Å². The minimum atomic E-state index is -0.224. The molecule has 0 saturated heterocycles. The lowest BCUT2D eigenvalue weighted by Gasteiger charge is -2.13. The van der Waals surface area contributed by atoms with Crippen molar-refractivity contribution < 1.29 is 9.53 Å². The molecule has 0 bridgehead atoms. The Labute approximate surface area is 91.4 Å². The number of nitrogens with one attached hydrogen (secondary N) is 1. The maximum absolute atomic E-state index is 10.7. The van der Waals surface area contributed by atoms with Crippen molar-refractivity contribution in [2.75, 3.05) is 39.9 Å². The lowest BCUT2D eigenvalue weighted by atomic mass is 10.5. The van der Waals surface area contributed by atoms with Crippen molar-refractivity contribution in [3.8, 4) is 0 Å². The molecule has 0 aromatic carbocycles. The number of rotatable bonds is 8. The maximum atomic E-state index is 10.7. The molecular formula is C9H20N2O2S. The molecule has 14 heavy (non-hydrogen) atoms. The minimum Gasteiger partial charge on any atom is -0.378 e. The quantitative estimate of drug-likeness (QED) is 0.473. The van der Waals surface area contributed by atoms with Gasteiger partial charge in [-0.05, 0) is 13.0 Å². The second-order valence-corrected chi connectivity index (χ2v) is 3.45. The molecule has 0 saturated carbocycles. The summed E-state index contributed by atoms with van der Waals surface area (Å²) in [4.78, 5) is 12.2. The van der Waals surface area contributed by atoms with Crippen molar-refractivity contribution in [3.63, 3.8) is 0 Å². The number of amides is 1. The van der Waals surface area contributed by atoms with Crippen molar-refractivity contribution >= 4 is 17.9 Å². The zero-order chi connectivity index (χ0) is 10.8. The molecule has 0 atom stereocenters. The number of hydrogen-bond acceptors (Lipinski definition) is 3. The number of carbonyl (C=O) groups excluding carboxylic acids is 1. The van der Waals surface area contributed by atoms with E-state index in [2.05, 4.69) is 24.9 Å². The molecule has 84 valence electrons. The van der Waals surface area contributed by atoms with Gasteiger partial charge < -0.3 is 15.0 Å². The van der Waals surface area contributed by atoms with Gasteiger partial charge in [-0.1, -0.05) is 19.6 Å². The van der Waals surface area contributed by atoms with Gasteiger partial charge in [-0.2, -0.15) is 0 Å². The Balaban J connectivity index is 3.09. The van der Waals surface area contributed by atoms with Gasteiger partial charge in [-0.3, -0.25) is 4.79 Å². The van der Waals surface area contributed by atoms with Gasteiger partial charge in [-0.15, -0.1) is 0 Å². The molecule has 0 aliphatic carbocycles. The van der Waals surface area contributed by atoms with Crippen LogP contribution < -0.4 is 5.32 Å². The Morgan fingerprint density at radius 1 is 1.43 bits per heavy atom. The number of thiol groups is 1. The maximum Gasteiger partial charge on any atom is 0.278 e. The molecule has 0 aliphatic heterocycles. The van der Waals surface area contributed by atoms with Crippen molar-refractivity contribution in [2.45, 2.75) is 13.3 Å². The van der Waals surface area contributed by atoms with Crippen LogP contribution in [0.3, 0.4) is 0 Å². The lowest BCUT2D eigenvalue weighted by Crippen LogP contribution is -2.27. The van der Waals surface area contributed by atoms with Crippen molar-refractivity contribution in [1.29, 1.82) is 0 Å². The molecule has 0 unspecified atom stereocenters. The van der Waals surface area contributed by atoms with E-state index in [0.29, 0.717) is 19.8 Å². The summed E-state index contributed by atoms with van der Waals surface area (Å²) in [5.74, 6) is 0. The first-order valence-corrected chi connectivity index (χ1v) is 5.35. The summed E-state index contributed by atoms with van der Waals surface area (Å²) in [6.45, 7) is 5.87. The Kier molecular flexibility index (Phi) is 9.13. The van der Waals surface area contributed by atoms with E-state index in [1.165, 1.54) is 4.90 Å². The first kappa shape index (κ1) is 13.7. The first-order chi connectivity index (χ1) is 6.68. The monoisotopic (exact) mass is 220 g/mol. The van der Waals surface area contributed by atoms with Gasteiger partial charge in [0.05, 0.1) is 13.2 Å². The van der Waals surface area contributed by atoms with E-state index in [1.807, 2.05) is 0 Å². The first-order valence-electron chi connectivity index (χ1n) is 4.91. The van der Waals surface area contributed by atoms with Crippen LogP contribution in [-0.2, 0) is 4.74 Å². The zero-order valence-corrected chi connectivity index (χ0v) is 9.85. The molecule has 1 amide bonds. The summed E-state index contributed by atoms with van der Waals surface area (Å²) in [6.07, 6.45) is 1.14. The van der Waals surface area contributed by atoms with Gasteiger partial charge in [-0.25, -0.2) is 0 Å². The highest BCUT2D eigenvalue weighted by atomic mass is 32.1. The van der Waals surface area contributed by atoms with Crippen LogP contribution >= 0.6 is 12.6 Å². The third-order valence-corrected chi connectivity index (χ3v) is 2.09. The van der Waals surface area contributed by atoms with Crippen LogP contribution in [0, 0.1) is 0 Å². The second-order valence-electron chi connectivity index (χ2n) is 3.07. The number of likely N-dealkylation sites (N-methyl/N-ethyl adjacent to an activating group) is 1. The molecule has 0 heterocycles. The predicted molar refractivity (Wildman–Crippen MR) is 61.0 cm³/mol. The average molecular weight is 220 g/mol. The van der Waals surface area contributed by atoms with Gasteiger partial charge in [0, 0.05) is 20.1 Å². The number of nitrogens with zero attached hydrogens (tertiary/aromatic N) is 1. The van der Waals surface area contributed by atoms with Gasteiger partial charge in [0.25, 0.3) is 5.24 Å². The summed E-state index contributed by atoms with van der Waals surface area (Å²) >= 11 is 3.68. The topological polar surface area (TPSA) is 41.6 Å². The summed E-state index contributed by atoms with van der Waals surface area (Å²) in [7, 11) is 1.70. The highest BCUT2D eigenvalue weighted by Crippen LogP contribution is 1.90. The van der Waals surface area contributed by atoms with E-state index in [-0.39, 0.29) is 5.24 Å². The number of hydrogen-bond donors (Lipinski definition) is 2. The van der Waals surface area contributed by atoms with E-state index in [0.717, 1.165) is 19.5 Å². The van der Waals surface area contributed by atoms with Crippen LogP contribution in [0.25, 0.3) is 0 Å². The van der Waals surface area contributed by atoms with Crippen LogP contribution in [0.15, 0.2) is 0 Å². The van der Waals surface area contributed by atoms with Gasteiger partial charge >= 0.3 is 0 Å². The molecule has 5 heteroatoms. The Bertz CT molecular complexity index is 156. The van der Waals surface area contributed by atoms with Gasteiger partial charge in [0.15, 0.2) is 0 Å². The largest absolute Gasteiger partial charge is 0.378 e. The number of carbonyl (C=O) groups is 1. The second kappa shape index (κ2) is 9.30. The third-order valence-electron chi connectivity index (χ3n) is 1.75. The van der Waals surface area contributed by atoms with E-state index in [9.17, 15) is 4.79 Å². The third kappa shape index (κ3) is 8.34. The van der Waals surface area contributed by atoms with E-state index in [4.69, 9.17) is 4.74 Å². The highest BCUT2D eigenvalue weighted by molar-refractivity contribution is 7.96. The van der Waals surface area contributed by atoms with Gasteiger partial charge in [0.2, 0.25) is 0 Å². The average Bonchev–Trinajstić information content (AvgIpc) is 2.16. The van der Waals surface area contributed by atoms with Crippen molar-refractivity contribution in [2.24, 2.45) is 0 Å². The standard InChI is InChI=1S/C9H20N2O2S/c1-3-4-10-5-7-13-8-6-11(2)9(12)14/h10H,3-8H2,1-2H3,(H,12,14). The fourth-order valence-corrected chi connectivity index (χ4v) is 0.945. The molecule has 0 aliphatic rings. The molecule has 0 rings (SSSR count). The van der Waals surface area contributed by atoms with Crippen LogP contribution in [0.5, 0.6) is 0 Å². The molecule has 0 spiro atoms. The van der Waals surface area contributed by atoms with E-state index < -0.39 is 0 Å². The van der Waals surface area contributed by atoms with Crippen molar-refractivity contribution in [1.82, 2.24) is 10.2 Å². The molecular weight excluding hydrogens is 200 g/mol. The molecule has 0 aromatic heterocycles. The van der Waals surface area contributed by atoms with Crippen LogP contribution in [0.1, 0.15) is 13.3 Å². The van der Waals surface area contributed by atoms with Crippen molar-refractivity contribution in [3.05, 3.63) is 0 Å². The Morgan fingerprint density at radius 2 is 2.14 bits per heavy atom. The van der Waals surface area contributed by atoms with Crippen LogP contribution in [0.4, 0.5) is 4.79 Å². The Hall–Kier alpha value is -0.260. The van der Waals surface area contributed by atoms with E-state index >= 15 is 0 Å². The normalized spacial score (nSPS) is 10.2. The fourth-order valence-electron chi connectivity index (χ4n) is 0.845. The summed E-state index contributed by atoms with van der Waals surface area (Å²) in [5, 5.41) is 3.00. The fraction of sp³-hybridized carbons (Fsp3) is 0.889. The number of ether oxygens (including phenoxy) is 1. The van der Waals surface area contributed by atoms with Gasteiger partial charge in [0.1, 0.15) is 0 Å². The summed E-state index contributed by atoms with van der Waals surface area (Å²) in [6, 6.07) is 0. The molecule has 0 radical (unpaired) electrons. The highest BCUT2D eigenvalue weighted by Gasteiger charge is 2.01. The lowest BCUT2D eigenvalue weighted by molar-refractivity contribution is 0.121. The Morgan fingerprint density at radius 3 is 2.71 bits per heavy atom. The molecule has 0 fully saturated rings. The zero-order valence-electron chi connectivity index (χ0n) is 8.95.